The van der Waals surface area contributed by atoms with Gasteiger partial charge in [0.05, 0.1) is 5.69 Å². The lowest BCUT2D eigenvalue weighted by Gasteiger charge is -2.21. The lowest BCUT2D eigenvalue weighted by molar-refractivity contribution is -0.137. The minimum absolute atomic E-state index is 0.0173. The number of carboxylic acids is 1. The van der Waals surface area contributed by atoms with Crippen LogP contribution < -0.4 is 0 Å². The lowest BCUT2D eigenvalue weighted by Crippen LogP contribution is -2.16. The fraction of sp³-hybridized carbons (Fsp3) is 0.667. The van der Waals surface area contributed by atoms with Gasteiger partial charge < -0.3 is 5.11 Å². The molecule has 0 aromatic carbocycles. The molecule has 1 fully saturated rings. The van der Waals surface area contributed by atoms with Crippen LogP contribution >= 0.6 is 35.1 Å². The Morgan fingerprint density at radius 2 is 2.26 bits per heavy atom. The highest BCUT2D eigenvalue weighted by atomic mass is 35.5. The van der Waals surface area contributed by atoms with E-state index in [0.717, 1.165) is 35.6 Å². The summed E-state index contributed by atoms with van der Waals surface area (Å²) in [6.45, 7) is 2.00. The molecule has 2 aliphatic rings. The largest absolute Gasteiger partial charge is 0.480 e. The Balaban J connectivity index is 2.07. The molecule has 4 nitrogen and oxygen atoms in total. The molecular formula is C12H15ClN2O2S2. The van der Waals surface area contributed by atoms with Crippen molar-refractivity contribution in [2.75, 3.05) is 11.5 Å². The van der Waals surface area contributed by atoms with E-state index in [-0.39, 0.29) is 10.6 Å². The Hall–Kier alpha value is -0.330. The highest BCUT2D eigenvalue weighted by Gasteiger charge is 2.50. The number of rotatable bonds is 3. The highest BCUT2D eigenvalue weighted by Crippen LogP contribution is 2.63. The topological polar surface area (TPSA) is 55.1 Å². The molecule has 1 aliphatic heterocycles. The normalized spacial score (nSPS) is 24.0. The standard InChI is InChI=1S/C12H15ClN2O2S2/c1-2-7-5-12(18-3-4-19-12)10-9(7)11(13)15(14-10)6-8(16)17/h7H,2-6H2,1H3,(H,16,17)/t7-/m0/s1. The summed E-state index contributed by atoms with van der Waals surface area (Å²) in [5.74, 6) is 1.76. The van der Waals surface area contributed by atoms with Gasteiger partial charge in [-0.25, -0.2) is 4.68 Å². The number of carboxylic acid groups (broad SMARTS) is 1. The van der Waals surface area contributed by atoms with Crippen LogP contribution in [0.1, 0.15) is 36.9 Å². The van der Waals surface area contributed by atoms with Gasteiger partial charge in [0.1, 0.15) is 15.8 Å². The number of thioether (sulfide) groups is 2. The molecule has 7 heteroatoms. The summed E-state index contributed by atoms with van der Waals surface area (Å²) in [5.41, 5.74) is 2.12. The first-order valence-electron chi connectivity index (χ1n) is 6.34. The van der Waals surface area contributed by atoms with Gasteiger partial charge in [0, 0.05) is 17.1 Å². The van der Waals surface area contributed by atoms with Gasteiger partial charge in [-0.2, -0.15) is 5.10 Å². The van der Waals surface area contributed by atoms with Crippen LogP contribution in [0.5, 0.6) is 0 Å². The lowest BCUT2D eigenvalue weighted by atomic mass is 10.0. The van der Waals surface area contributed by atoms with Gasteiger partial charge in [0.25, 0.3) is 0 Å². The maximum Gasteiger partial charge on any atom is 0.325 e. The van der Waals surface area contributed by atoms with Crippen molar-refractivity contribution in [1.82, 2.24) is 9.78 Å². The molecule has 1 saturated heterocycles. The predicted octanol–water partition coefficient (Wildman–Crippen LogP) is 3.15. The SMILES string of the molecule is CC[C@H]1CC2(SCCS2)c2nn(CC(=O)O)c(Cl)c21. The third-order valence-electron chi connectivity index (χ3n) is 3.74. The third kappa shape index (κ3) is 2.08. The number of nitrogens with zero attached hydrogens (tertiary/aromatic N) is 2. The summed E-state index contributed by atoms with van der Waals surface area (Å²) in [7, 11) is 0. The first-order chi connectivity index (χ1) is 9.07. The molecule has 1 N–H and O–H groups in total. The molecule has 1 aromatic heterocycles. The Morgan fingerprint density at radius 3 is 2.84 bits per heavy atom. The van der Waals surface area contributed by atoms with Crippen molar-refractivity contribution < 1.29 is 9.90 Å². The summed E-state index contributed by atoms with van der Waals surface area (Å²) in [4.78, 5) is 10.9. The van der Waals surface area contributed by atoms with Gasteiger partial charge in [0.15, 0.2) is 0 Å². The van der Waals surface area contributed by atoms with Crippen molar-refractivity contribution in [2.24, 2.45) is 0 Å². The van der Waals surface area contributed by atoms with E-state index in [1.165, 1.54) is 4.68 Å². The van der Waals surface area contributed by atoms with Crippen molar-refractivity contribution in [3.8, 4) is 0 Å². The van der Waals surface area contributed by atoms with E-state index in [1.807, 2.05) is 23.5 Å². The molecule has 3 rings (SSSR count). The van der Waals surface area contributed by atoms with E-state index < -0.39 is 5.97 Å². The maximum atomic E-state index is 10.9. The van der Waals surface area contributed by atoms with Crippen molar-refractivity contribution in [3.05, 3.63) is 16.4 Å². The van der Waals surface area contributed by atoms with Crippen LogP contribution in [0.2, 0.25) is 5.15 Å². The predicted molar refractivity (Wildman–Crippen MR) is 79.1 cm³/mol. The average Bonchev–Trinajstić information content (AvgIpc) is 3.01. The van der Waals surface area contributed by atoms with E-state index in [4.69, 9.17) is 16.7 Å². The second kappa shape index (κ2) is 4.90. The number of halogens is 1. The van der Waals surface area contributed by atoms with E-state index in [9.17, 15) is 4.79 Å². The Kier molecular flexibility index (Phi) is 3.52. The van der Waals surface area contributed by atoms with E-state index in [1.54, 1.807) is 0 Å². The van der Waals surface area contributed by atoms with Crippen LogP contribution in [0.15, 0.2) is 0 Å². The second-order valence-electron chi connectivity index (χ2n) is 4.86. The molecule has 1 aromatic rings. The summed E-state index contributed by atoms with van der Waals surface area (Å²) >= 11 is 10.2. The molecule has 0 saturated carbocycles. The van der Waals surface area contributed by atoms with Crippen LogP contribution in [-0.4, -0.2) is 32.4 Å². The maximum absolute atomic E-state index is 10.9. The molecule has 104 valence electrons. The molecular weight excluding hydrogens is 304 g/mol. The van der Waals surface area contributed by atoms with Crippen LogP contribution in [0, 0.1) is 0 Å². The Morgan fingerprint density at radius 1 is 1.58 bits per heavy atom. The van der Waals surface area contributed by atoms with Crippen LogP contribution in [-0.2, 0) is 15.4 Å². The molecule has 0 amide bonds. The van der Waals surface area contributed by atoms with Crippen LogP contribution in [0.3, 0.4) is 0 Å². The fourth-order valence-corrected chi connectivity index (χ4v) is 6.63. The van der Waals surface area contributed by atoms with Gasteiger partial charge in [-0.1, -0.05) is 18.5 Å². The van der Waals surface area contributed by atoms with Gasteiger partial charge in [-0.3, -0.25) is 4.79 Å². The van der Waals surface area contributed by atoms with Crippen molar-refractivity contribution in [2.45, 2.75) is 36.3 Å². The minimum atomic E-state index is -0.906. The zero-order valence-electron chi connectivity index (χ0n) is 10.6. The van der Waals surface area contributed by atoms with Gasteiger partial charge >= 0.3 is 5.97 Å². The van der Waals surface area contributed by atoms with Crippen molar-refractivity contribution >= 4 is 41.1 Å². The summed E-state index contributed by atoms with van der Waals surface area (Å²) < 4.78 is 1.46. The van der Waals surface area contributed by atoms with E-state index >= 15 is 0 Å². The molecule has 0 unspecified atom stereocenters. The fourth-order valence-electron chi connectivity index (χ4n) is 2.91. The van der Waals surface area contributed by atoms with Crippen molar-refractivity contribution in [3.63, 3.8) is 0 Å². The number of aromatic nitrogens is 2. The van der Waals surface area contributed by atoms with Crippen LogP contribution in [0.25, 0.3) is 0 Å². The molecule has 1 spiro atoms. The molecule has 1 aliphatic carbocycles. The number of aliphatic carboxylic acids is 1. The van der Waals surface area contributed by atoms with Crippen LogP contribution in [0.4, 0.5) is 0 Å². The highest BCUT2D eigenvalue weighted by molar-refractivity contribution is 8.20. The van der Waals surface area contributed by atoms with Gasteiger partial charge in [0.2, 0.25) is 0 Å². The monoisotopic (exact) mass is 318 g/mol. The summed E-state index contributed by atoms with van der Waals surface area (Å²) in [6.07, 6.45) is 2.10. The molecule has 0 bridgehead atoms. The quantitative estimate of drug-likeness (QED) is 0.927. The zero-order chi connectivity index (χ0) is 13.6. The number of hydrogen-bond acceptors (Lipinski definition) is 4. The smallest absolute Gasteiger partial charge is 0.325 e. The first-order valence-corrected chi connectivity index (χ1v) is 8.68. The molecule has 0 radical (unpaired) electrons. The summed E-state index contributed by atoms with van der Waals surface area (Å²) in [6, 6.07) is 0. The van der Waals surface area contributed by atoms with Crippen molar-refractivity contribution in [1.29, 1.82) is 0 Å². The molecule has 1 atom stereocenters. The number of fused-ring (bicyclic) bond motifs is 2. The van der Waals surface area contributed by atoms with Gasteiger partial charge in [-0.05, 0) is 18.8 Å². The minimum Gasteiger partial charge on any atom is -0.480 e. The van der Waals surface area contributed by atoms with Gasteiger partial charge in [-0.15, -0.1) is 23.5 Å². The summed E-state index contributed by atoms with van der Waals surface area (Å²) in [5, 5.41) is 14.0. The number of hydrogen-bond donors (Lipinski definition) is 1. The Bertz CT molecular complexity index is 526. The second-order valence-corrected chi connectivity index (χ2v) is 8.27. The van der Waals surface area contributed by atoms with E-state index in [0.29, 0.717) is 11.1 Å². The number of carbonyl (C=O) groups is 1. The molecule has 2 heterocycles. The zero-order valence-corrected chi connectivity index (χ0v) is 12.9. The van der Waals surface area contributed by atoms with E-state index in [2.05, 4.69) is 12.0 Å². The third-order valence-corrected chi connectivity index (χ3v) is 7.57. The first kappa shape index (κ1) is 13.6. The average molecular weight is 319 g/mol. The Labute approximate surface area is 125 Å². The molecule has 19 heavy (non-hydrogen) atoms.